The van der Waals surface area contributed by atoms with E-state index in [1.807, 2.05) is 36.4 Å². The number of urea groups is 1. The van der Waals surface area contributed by atoms with Gasteiger partial charge in [-0.1, -0.05) is 36.4 Å². The van der Waals surface area contributed by atoms with Gasteiger partial charge in [0.05, 0.1) is 6.61 Å². The summed E-state index contributed by atoms with van der Waals surface area (Å²) in [5.41, 5.74) is 0.658. The maximum absolute atomic E-state index is 12.8. The van der Waals surface area contributed by atoms with E-state index in [1.54, 1.807) is 6.07 Å². The average molecular weight is 400 g/mol. The van der Waals surface area contributed by atoms with Gasteiger partial charge in [0.15, 0.2) is 6.23 Å². The van der Waals surface area contributed by atoms with Gasteiger partial charge >= 0.3 is 6.03 Å². The van der Waals surface area contributed by atoms with Crippen LogP contribution in [-0.4, -0.2) is 74.5 Å². The maximum Gasteiger partial charge on any atom is 0.331 e. The Kier molecular flexibility index (Phi) is 5.07. The molecule has 2 heterocycles. The molecule has 9 heteroatoms. The highest BCUT2D eigenvalue weighted by molar-refractivity contribution is 6.14. The van der Waals surface area contributed by atoms with E-state index in [1.165, 1.54) is 6.08 Å². The topological polar surface area (TPSA) is 140 Å². The van der Waals surface area contributed by atoms with Crippen molar-refractivity contribution in [1.82, 2.24) is 10.2 Å². The number of nitrogens with zero attached hydrogens (tertiary/aromatic N) is 1. The standard InChI is InChI=1S/C20H20N2O7/c23-9-14-15(24)16(25)17(26)19(29-14)22-18(27)13(21-20(22)28)8-10-5-6-11-3-1-2-4-12(11)7-10/h1-8,14-17,19,23-26H,9H2,(H,21,28)/b13-8-/t14-,15-,16+,17-,19-/m1/s1. The highest BCUT2D eigenvalue weighted by Crippen LogP contribution is 2.27. The first-order chi connectivity index (χ1) is 13.9. The second-order valence-corrected chi connectivity index (χ2v) is 6.99. The largest absolute Gasteiger partial charge is 0.394 e. The van der Waals surface area contributed by atoms with Crippen LogP contribution in [0.25, 0.3) is 16.8 Å². The van der Waals surface area contributed by atoms with E-state index in [9.17, 15) is 30.0 Å². The van der Waals surface area contributed by atoms with Crippen molar-refractivity contribution in [2.45, 2.75) is 30.6 Å². The first-order valence-electron chi connectivity index (χ1n) is 9.06. The smallest absolute Gasteiger partial charge is 0.331 e. The Bertz CT molecular complexity index is 990. The fourth-order valence-electron chi connectivity index (χ4n) is 3.54. The summed E-state index contributed by atoms with van der Waals surface area (Å²) in [4.78, 5) is 25.8. The van der Waals surface area contributed by atoms with Crippen molar-refractivity contribution in [3.8, 4) is 0 Å². The van der Waals surface area contributed by atoms with Gasteiger partial charge in [-0.25, -0.2) is 9.69 Å². The fourth-order valence-corrected chi connectivity index (χ4v) is 3.54. The van der Waals surface area contributed by atoms with Crippen molar-refractivity contribution < 1.29 is 34.8 Å². The molecule has 0 saturated carbocycles. The predicted molar refractivity (Wildman–Crippen MR) is 101 cm³/mol. The lowest BCUT2D eigenvalue weighted by Gasteiger charge is -2.42. The number of hydrogen-bond donors (Lipinski definition) is 5. The molecule has 0 aromatic heterocycles. The molecule has 4 rings (SSSR count). The van der Waals surface area contributed by atoms with Crippen LogP contribution < -0.4 is 5.32 Å². The normalized spacial score (nSPS) is 31.5. The number of carbonyl (C=O) groups excluding carboxylic acids is 2. The summed E-state index contributed by atoms with van der Waals surface area (Å²) in [6, 6.07) is 12.4. The Morgan fingerprint density at radius 1 is 1.00 bits per heavy atom. The molecular formula is C20H20N2O7. The minimum absolute atomic E-state index is 0.0257. The molecule has 3 amide bonds. The van der Waals surface area contributed by atoms with Gasteiger partial charge in [0, 0.05) is 0 Å². The number of nitrogens with one attached hydrogen (secondary N) is 1. The predicted octanol–water partition coefficient (Wildman–Crippen LogP) is -0.468. The molecule has 152 valence electrons. The summed E-state index contributed by atoms with van der Waals surface area (Å²) in [6.45, 7) is -0.662. The third-order valence-corrected chi connectivity index (χ3v) is 5.12. The van der Waals surface area contributed by atoms with E-state index < -0.39 is 49.2 Å². The number of rotatable bonds is 3. The summed E-state index contributed by atoms with van der Waals surface area (Å²) >= 11 is 0. The quantitative estimate of drug-likeness (QED) is 0.347. The second kappa shape index (κ2) is 7.54. The summed E-state index contributed by atoms with van der Waals surface area (Å²) < 4.78 is 5.32. The molecule has 2 fully saturated rings. The van der Waals surface area contributed by atoms with E-state index in [2.05, 4.69) is 5.32 Å². The summed E-state index contributed by atoms with van der Waals surface area (Å²) in [6.07, 6.45) is -6.30. The zero-order valence-electron chi connectivity index (χ0n) is 15.2. The van der Waals surface area contributed by atoms with Gasteiger partial charge in [-0.2, -0.15) is 0 Å². The number of ether oxygens (including phenoxy) is 1. The molecule has 0 spiro atoms. The van der Waals surface area contributed by atoms with Crippen molar-refractivity contribution in [2.75, 3.05) is 6.61 Å². The van der Waals surface area contributed by atoms with Crippen molar-refractivity contribution >= 4 is 28.8 Å². The van der Waals surface area contributed by atoms with E-state index in [0.717, 1.165) is 10.8 Å². The van der Waals surface area contributed by atoms with Gasteiger partial charge in [-0.3, -0.25) is 4.79 Å². The number of benzene rings is 2. The number of fused-ring (bicyclic) bond motifs is 1. The Labute approximate surface area is 165 Å². The maximum atomic E-state index is 12.8. The number of aliphatic hydroxyl groups excluding tert-OH is 4. The van der Waals surface area contributed by atoms with Crippen LogP contribution in [0.15, 0.2) is 48.2 Å². The summed E-state index contributed by atoms with van der Waals surface area (Å²) in [5, 5.41) is 43.7. The SMILES string of the molecule is O=C1N/C(=C\c2ccc3ccccc3c2)C(=O)N1[C@@H]1O[C@H](CO)[C@@H](O)[C@H](O)[C@H]1O. The summed E-state index contributed by atoms with van der Waals surface area (Å²) in [5.74, 6) is -0.757. The summed E-state index contributed by atoms with van der Waals surface area (Å²) in [7, 11) is 0. The zero-order chi connectivity index (χ0) is 20.7. The number of carbonyl (C=O) groups is 2. The molecule has 5 N–H and O–H groups in total. The molecule has 9 nitrogen and oxygen atoms in total. The van der Waals surface area contributed by atoms with Crippen LogP contribution in [0, 0.1) is 0 Å². The minimum atomic E-state index is -1.73. The number of amides is 3. The molecule has 2 aliphatic rings. The van der Waals surface area contributed by atoms with Crippen molar-refractivity contribution in [2.24, 2.45) is 0 Å². The van der Waals surface area contributed by atoms with Crippen molar-refractivity contribution in [1.29, 1.82) is 0 Å². The monoisotopic (exact) mass is 400 g/mol. The lowest BCUT2D eigenvalue weighted by atomic mass is 9.98. The Morgan fingerprint density at radius 3 is 2.45 bits per heavy atom. The van der Waals surface area contributed by atoms with E-state index in [4.69, 9.17) is 4.74 Å². The molecule has 2 aromatic carbocycles. The second-order valence-electron chi connectivity index (χ2n) is 6.99. The molecule has 0 aliphatic carbocycles. The van der Waals surface area contributed by atoms with Crippen LogP contribution in [0.5, 0.6) is 0 Å². The van der Waals surface area contributed by atoms with Gasteiger partial charge in [0.25, 0.3) is 5.91 Å². The van der Waals surface area contributed by atoms with Crippen LogP contribution in [0.2, 0.25) is 0 Å². The third kappa shape index (κ3) is 3.39. The lowest BCUT2D eigenvalue weighted by molar-refractivity contribution is -0.253. The third-order valence-electron chi connectivity index (χ3n) is 5.12. The van der Waals surface area contributed by atoms with Crippen LogP contribution in [-0.2, 0) is 9.53 Å². The molecule has 2 saturated heterocycles. The van der Waals surface area contributed by atoms with Gasteiger partial charge in [-0.15, -0.1) is 0 Å². The zero-order valence-corrected chi connectivity index (χ0v) is 15.2. The van der Waals surface area contributed by atoms with E-state index in [-0.39, 0.29) is 5.70 Å². The Balaban J connectivity index is 1.62. The van der Waals surface area contributed by atoms with Crippen LogP contribution >= 0.6 is 0 Å². The Morgan fingerprint density at radius 2 is 1.72 bits per heavy atom. The van der Waals surface area contributed by atoms with E-state index in [0.29, 0.717) is 10.5 Å². The molecule has 5 atom stereocenters. The average Bonchev–Trinajstić information content (AvgIpc) is 2.99. The molecule has 0 radical (unpaired) electrons. The van der Waals surface area contributed by atoms with Gasteiger partial charge in [0.2, 0.25) is 0 Å². The molecule has 29 heavy (non-hydrogen) atoms. The number of aliphatic hydroxyl groups is 4. The van der Waals surface area contributed by atoms with Crippen LogP contribution in [0.1, 0.15) is 5.56 Å². The Hall–Kier alpha value is -2.82. The molecule has 2 aromatic rings. The minimum Gasteiger partial charge on any atom is -0.394 e. The number of imide groups is 1. The van der Waals surface area contributed by atoms with Gasteiger partial charge in [-0.05, 0) is 28.5 Å². The molecular weight excluding hydrogens is 380 g/mol. The highest BCUT2D eigenvalue weighted by atomic mass is 16.6. The van der Waals surface area contributed by atoms with Gasteiger partial charge < -0.3 is 30.5 Å². The first-order valence-corrected chi connectivity index (χ1v) is 9.06. The van der Waals surface area contributed by atoms with Gasteiger partial charge in [0.1, 0.15) is 30.1 Å². The van der Waals surface area contributed by atoms with E-state index >= 15 is 0 Å². The molecule has 2 aliphatic heterocycles. The first kappa shape index (κ1) is 19.5. The van der Waals surface area contributed by atoms with Crippen molar-refractivity contribution in [3.63, 3.8) is 0 Å². The lowest BCUT2D eigenvalue weighted by Crippen LogP contribution is -2.64. The van der Waals surface area contributed by atoms with Crippen LogP contribution in [0.4, 0.5) is 4.79 Å². The fraction of sp³-hybridized carbons (Fsp3) is 0.300. The molecule has 0 unspecified atom stereocenters. The van der Waals surface area contributed by atoms with Crippen molar-refractivity contribution in [3.05, 3.63) is 53.7 Å². The van der Waals surface area contributed by atoms with Crippen LogP contribution in [0.3, 0.4) is 0 Å². The number of hydrogen-bond acceptors (Lipinski definition) is 7. The highest BCUT2D eigenvalue weighted by Gasteiger charge is 2.51. The molecule has 0 bridgehead atoms.